The quantitative estimate of drug-likeness (QED) is 0.317. The first-order valence-corrected chi connectivity index (χ1v) is 7.56. The van der Waals surface area contributed by atoms with Gasteiger partial charge in [0, 0.05) is 0 Å². The zero-order valence-electron chi connectivity index (χ0n) is 11.1. The van der Waals surface area contributed by atoms with Gasteiger partial charge in [0.05, 0.1) is 0 Å². The van der Waals surface area contributed by atoms with Gasteiger partial charge in [0.2, 0.25) is 0 Å². The maximum Gasteiger partial charge on any atom is 1.00 e. The summed E-state index contributed by atoms with van der Waals surface area (Å²) in [6.45, 7) is 0. The van der Waals surface area contributed by atoms with Gasteiger partial charge in [0.15, 0.2) is 0 Å². The fraction of sp³-hybridized carbons (Fsp3) is 0.143. The summed E-state index contributed by atoms with van der Waals surface area (Å²) in [5.41, 5.74) is 0. The van der Waals surface area contributed by atoms with E-state index in [-0.39, 0.29) is 37.7 Å². The second kappa shape index (κ2) is 11.3. The van der Waals surface area contributed by atoms with E-state index in [1.54, 1.807) is 0 Å². The Morgan fingerprint density at radius 1 is 0.556 bits per heavy atom. The molecule has 0 aliphatic carbocycles. The molecule has 0 atom stereocenters. The van der Waals surface area contributed by atoms with Crippen molar-refractivity contribution in [3.05, 3.63) is 60.7 Å². The third-order valence-corrected chi connectivity index (χ3v) is 4.77. The first-order chi connectivity index (χ1) is 7.95. The van der Waals surface area contributed by atoms with Crippen molar-refractivity contribution in [3.63, 3.8) is 0 Å². The Bertz CT molecular complexity index is 365. The minimum absolute atomic E-state index is 0. The fourth-order valence-corrected chi connectivity index (χ4v) is 3.51. The fourth-order valence-electron chi connectivity index (χ4n) is 1.43. The van der Waals surface area contributed by atoms with Gasteiger partial charge in [0.1, 0.15) is 0 Å². The van der Waals surface area contributed by atoms with E-state index in [9.17, 15) is 0 Å². The average molecular weight is 258 g/mol. The van der Waals surface area contributed by atoms with Crippen molar-refractivity contribution in [1.29, 1.82) is 0 Å². The second-order valence-electron chi connectivity index (χ2n) is 3.43. The van der Waals surface area contributed by atoms with Crippen molar-refractivity contribution in [3.8, 4) is 0 Å². The molecule has 2 rings (SSSR count). The van der Waals surface area contributed by atoms with Crippen molar-refractivity contribution in [2.24, 2.45) is 0 Å². The van der Waals surface area contributed by atoms with Gasteiger partial charge in [-0.1, -0.05) is 60.7 Å². The molecule has 18 heavy (non-hydrogen) atoms. The topological polar surface area (TPSA) is 0 Å². The molecule has 4 heteroatoms. The number of rotatable bonds is 5. The molecule has 0 spiro atoms. The summed E-state index contributed by atoms with van der Waals surface area (Å²) < 4.78 is 0. The number of hydrogen-bond donors (Lipinski definition) is 0. The van der Waals surface area contributed by atoms with Crippen LogP contribution < -0.4 is 48.3 Å². The van der Waals surface area contributed by atoms with E-state index in [0.29, 0.717) is 0 Å². The van der Waals surface area contributed by atoms with E-state index in [1.165, 1.54) is 40.1 Å². The zero-order valence-corrected chi connectivity index (χ0v) is 12.9. The molecule has 0 N–H and O–H groups in total. The number of benzene rings is 2. The van der Waals surface area contributed by atoms with Crippen LogP contribution in [0.25, 0.3) is 0 Å². The molecule has 0 amide bonds. The second-order valence-corrected chi connectivity index (χ2v) is 5.99. The van der Waals surface area contributed by atoms with Crippen LogP contribution in [0.5, 0.6) is 0 Å². The maximum atomic E-state index is 2.20. The molecule has 2 aromatic carbocycles. The van der Waals surface area contributed by atoms with Gasteiger partial charge in [-0.3, -0.25) is 0 Å². The molecule has 82 valence electrons. The number of hydrogen-bond acceptors (Lipinski definition) is 0. The molecular formula is C14H14Li2P2. The Hall–Kier alpha value is 0.495. The summed E-state index contributed by atoms with van der Waals surface area (Å²) in [5.74, 6) is 0. The minimum atomic E-state index is 0. The largest absolute Gasteiger partial charge is 1.00 e. The molecule has 0 unspecified atom stereocenters. The van der Waals surface area contributed by atoms with E-state index >= 15 is 0 Å². The summed E-state index contributed by atoms with van der Waals surface area (Å²) in [6, 6.07) is 21.4. The van der Waals surface area contributed by atoms with E-state index < -0.39 is 0 Å². The molecule has 0 heterocycles. The molecule has 0 aromatic heterocycles. The smallest absolute Gasteiger partial charge is 0.509 e. The van der Waals surface area contributed by atoms with Gasteiger partial charge in [-0.05, 0) is 0 Å². The summed E-state index contributed by atoms with van der Waals surface area (Å²) in [4.78, 5) is 0. The van der Waals surface area contributed by atoms with Crippen LogP contribution in [0.3, 0.4) is 0 Å². The van der Waals surface area contributed by atoms with E-state index in [1.807, 2.05) is 0 Å². The zero-order chi connectivity index (χ0) is 11.1. The molecule has 2 aromatic rings. The Morgan fingerprint density at radius 2 is 0.889 bits per heavy atom. The summed E-state index contributed by atoms with van der Waals surface area (Å²) in [5, 5.41) is 2.84. The Morgan fingerprint density at radius 3 is 1.22 bits per heavy atom. The molecule has 0 bridgehead atoms. The summed E-state index contributed by atoms with van der Waals surface area (Å²) in [7, 11) is 2.88. The van der Waals surface area contributed by atoms with Gasteiger partial charge in [-0.15, -0.1) is 0 Å². The van der Waals surface area contributed by atoms with Crippen LogP contribution in [0.2, 0.25) is 0 Å². The Kier molecular flexibility index (Phi) is 11.6. The SMILES string of the molecule is [Li+].[Li+].c1ccc([P-]CC[P-]c2ccccc2)cc1. The minimum Gasteiger partial charge on any atom is -0.509 e. The molecule has 0 aliphatic rings. The van der Waals surface area contributed by atoms with Crippen LogP contribution in [-0.4, -0.2) is 12.3 Å². The van der Waals surface area contributed by atoms with Crippen molar-refractivity contribution >= 4 is 27.8 Å². The van der Waals surface area contributed by atoms with E-state index in [0.717, 1.165) is 0 Å². The van der Waals surface area contributed by atoms with Crippen LogP contribution in [0.4, 0.5) is 0 Å². The third-order valence-electron chi connectivity index (χ3n) is 2.20. The molecule has 0 saturated carbocycles. The maximum absolute atomic E-state index is 2.20. The predicted octanol–water partition coefficient (Wildman–Crippen LogP) is -2.46. The molecule has 0 aliphatic heterocycles. The molecule has 0 radical (unpaired) electrons. The van der Waals surface area contributed by atoms with Gasteiger partial charge < -0.3 is 17.2 Å². The average Bonchev–Trinajstić information content (AvgIpc) is 2.37. The Balaban J connectivity index is 0.00000144. The van der Waals surface area contributed by atoms with Gasteiger partial charge in [-0.2, -0.15) is 0 Å². The van der Waals surface area contributed by atoms with Crippen LogP contribution in [0, 0.1) is 0 Å². The van der Waals surface area contributed by atoms with Gasteiger partial charge in [0.25, 0.3) is 0 Å². The normalized spacial score (nSPS) is 10.4. The van der Waals surface area contributed by atoms with Crippen LogP contribution in [-0.2, 0) is 0 Å². The van der Waals surface area contributed by atoms with Gasteiger partial charge >= 0.3 is 37.7 Å². The van der Waals surface area contributed by atoms with Crippen LogP contribution in [0.15, 0.2) is 60.7 Å². The van der Waals surface area contributed by atoms with Crippen molar-refractivity contribution in [1.82, 2.24) is 0 Å². The summed E-state index contributed by atoms with van der Waals surface area (Å²) >= 11 is 0. The molecular weight excluding hydrogens is 244 g/mol. The Labute approximate surface area is 138 Å². The monoisotopic (exact) mass is 258 g/mol. The standard InChI is InChI=1S/C14H14P2.2Li/c1-3-7-13(8-4-1)15-11-12-16-14-9-5-2-6-10-14;;/h1-10H,11-12H2;;/q-2;2*+1. The molecule has 0 fully saturated rings. The van der Waals surface area contributed by atoms with Crippen LogP contribution in [0.1, 0.15) is 0 Å². The molecule has 0 nitrogen and oxygen atoms in total. The molecule has 0 saturated heterocycles. The predicted molar refractivity (Wildman–Crippen MR) is 75.7 cm³/mol. The van der Waals surface area contributed by atoms with Crippen molar-refractivity contribution in [2.75, 3.05) is 12.3 Å². The van der Waals surface area contributed by atoms with E-state index in [2.05, 4.69) is 60.7 Å². The first-order valence-electron chi connectivity index (χ1n) is 5.40. The summed E-state index contributed by atoms with van der Waals surface area (Å²) in [6.07, 6.45) is 2.47. The first kappa shape index (κ1) is 18.5. The van der Waals surface area contributed by atoms with Crippen LogP contribution >= 0.6 is 17.2 Å². The van der Waals surface area contributed by atoms with Gasteiger partial charge in [-0.25, -0.2) is 22.9 Å². The van der Waals surface area contributed by atoms with Crippen molar-refractivity contribution < 1.29 is 37.7 Å². The van der Waals surface area contributed by atoms with E-state index in [4.69, 9.17) is 0 Å². The third kappa shape index (κ3) is 7.17. The van der Waals surface area contributed by atoms with Crippen molar-refractivity contribution in [2.45, 2.75) is 0 Å².